The van der Waals surface area contributed by atoms with Crippen LogP contribution in [0.25, 0.3) is 0 Å². The van der Waals surface area contributed by atoms with E-state index >= 15 is 0 Å². The van der Waals surface area contributed by atoms with Crippen LogP contribution >= 0.6 is 0 Å². The van der Waals surface area contributed by atoms with Crippen LogP contribution in [0.3, 0.4) is 0 Å². The van der Waals surface area contributed by atoms with Gasteiger partial charge in [-0.25, -0.2) is 5.43 Å². The summed E-state index contributed by atoms with van der Waals surface area (Å²) in [6, 6.07) is 6.54. The van der Waals surface area contributed by atoms with E-state index in [0.29, 0.717) is 12.1 Å². The lowest BCUT2D eigenvalue weighted by molar-refractivity contribution is -0.139. The van der Waals surface area contributed by atoms with Gasteiger partial charge in [-0.1, -0.05) is 12.1 Å². The molecule has 1 fully saturated rings. The van der Waals surface area contributed by atoms with E-state index in [1.165, 1.54) is 12.3 Å². The zero-order chi connectivity index (χ0) is 17.2. The fraction of sp³-hybridized carbons (Fsp3) is 0.438. The molecule has 8 nitrogen and oxygen atoms in total. The number of nitrogens with zero attached hydrogens (tertiary/aromatic N) is 2. The number of carbonyl (C=O) groups excluding carboxylic acids is 2. The molecule has 8 heteroatoms. The monoisotopic (exact) mass is 334 g/mol. The van der Waals surface area contributed by atoms with Gasteiger partial charge in [0.2, 0.25) is 0 Å². The minimum Gasteiger partial charge on any atom is -0.507 e. The highest BCUT2D eigenvalue weighted by Gasteiger charge is 2.13. The van der Waals surface area contributed by atoms with Gasteiger partial charge in [0.25, 0.3) is 0 Å². The molecular formula is C16H22N4O4. The molecule has 0 spiro atoms. The Bertz CT molecular complexity index is 585. The minimum absolute atomic E-state index is 0.0445. The average Bonchev–Trinajstić information content (AvgIpc) is 2.61. The van der Waals surface area contributed by atoms with Gasteiger partial charge in [-0.05, 0) is 25.1 Å². The number of benzene rings is 1. The van der Waals surface area contributed by atoms with E-state index in [1.54, 1.807) is 18.2 Å². The standard InChI is InChI=1S/C16H22N4O4/c21-14-5-2-1-4-13(14)12-18-19-16(23)15(22)17-6-3-7-20-8-10-24-11-9-20/h1-2,4-5,12,21H,3,6-11H2,(H,17,22)(H,19,23)/b18-12-. The third-order valence-corrected chi connectivity index (χ3v) is 3.55. The lowest BCUT2D eigenvalue weighted by Crippen LogP contribution is -2.40. The van der Waals surface area contributed by atoms with Crippen molar-refractivity contribution in [1.82, 2.24) is 15.6 Å². The Morgan fingerprint density at radius 3 is 2.75 bits per heavy atom. The van der Waals surface area contributed by atoms with Crippen LogP contribution in [-0.4, -0.2) is 67.4 Å². The summed E-state index contributed by atoms with van der Waals surface area (Å²) in [7, 11) is 0. The smallest absolute Gasteiger partial charge is 0.329 e. The molecule has 130 valence electrons. The van der Waals surface area contributed by atoms with Crippen LogP contribution in [0, 0.1) is 0 Å². The van der Waals surface area contributed by atoms with E-state index in [-0.39, 0.29) is 5.75 Å². The summed E-state index contributed by atoms with van der Waals surface area (Å²) in [4.78, 5) is 25.5. The number of ether oxygens (including phenoxy) is 1. The Balaban J connectivity index is 1.63. The van der Waals surface area contributed by atoms with Crippen molar-refractivity contribution in [3.63, 3.8) is 0 Å². The lowest BCUT2D eigenvalue weighted by Gasteiger charge is -2.26. The van der Waals surface area contributed by atoms with Crippen molar-refractivity contribution in [1.29, 1.82) is 0 Å². The third kappa shape index (κ3) is 5.98. The van der Waals surface area contributed by atoms with Crippen LogP contribution in [0.1, 0.15) is 12.0 Å². The van der Waals surface area contributed by atoms with Crippen molar-refractivity contribution in [2.45, 2.75) is 6.42 Å². The Labute approximate surface area is 140 Å². The second-order valence-electron chi connectivity index (χ2n) is 5.32. The van der Waals surface area contributed by atoms with Crippen molar-refractivity contribution in [3.8, 4) is 5.75 Å². The summed E-state index contributed by atoms with van der Waals surface area (Å²) >= 11 is 0. The summed E-state index contributed by atoms with van der Waals surface area (Å²) in [5.74, 6) is -1.53. The second-order valence-corrected chi connectivity index (χ2v) is 5.32. The Morgan fingerprint density at radius 2 is 2.00 bits per heavy atom. The molecule has 0 atom stereocenters. The summed E-state index contributed by atoms with van der Waals surface area (Å²) in [5, 5.41) is 15.7. The molecule has 0 saturated carbocycles. The highest BCUT2D eigenvalue weighted by Crippen LogP contribution is 2.12. The predicted molar refractivity (Wildman–Crippen MR) is 88.7 cm³/mol. The molecule has 0 aliphatic carbocycles. The first-order valence-corrected chi connectivity index (χ1v) is 7.86. The molecule has 1 aromatic carbocycles. The molecule has 1 heterocycles. The van der Waals surface area contributed by atoms with Crippen molar-refractivity contribution in [3.05, 3.63) is 29.8 Å². The quantitative estimate of drug-likeness (QED) is 0.286. The Hall–Kier alpha value is -2.45. The highest BCUT2D eigenvalue weighted by molar-refractivity contribution is 6.35. The largest absolute Gasteiger partial charge is 0.507 e. The van der Waals surface area contributed by atoms with E-state index in [1.807, 2.05) is 0 Å². The van der Waals surface area contributed by atoms with Crippen LogP contribution in [0.15, 0.2) is 29.4 Å². The number of para-hydroxylation sites is 1. The van der Waals surface area contributed by atoms with Crippen LogP contribution < -0.4 is 10.7 Å². The van der Waals surface area contributed by atoms with Crippen molar-refractivity contribution < 1.29 is 19.4 Å². The SMILES string of the molecule is O=C(NCCCN1CCOCC1)C(=O)N/N=C\c1ccccc1O. The van der Waals surface area contributed by atoms with Gasteiger partial charge in [-0.15, -0.1) is 0 Å². The van der Waals surface area contributed by atoms with Gasteiger partial charge in [0, 0.05) is 25.2 Å². The number of hydrazone groups is 1. The van der Waals surface area contributed by atoms with Gasteiger partial charge in [0.15, 0.2) is 0 Å². The van der Waals surface area contributed by atoms with Crippen molar-refractivity contribution in [2.75, 3.05) is 39.4 Å². The maximum Gasteiger partial charge on any atom is 0.329 e. The molecule has 24 heavy (non-hydrogen) atoms. The zero-order valence-corrected chi connectivity index (χ0v) is 13.4. The van der Waals surface area contributed by atoms with E-state index in [0.717, 1.165) is 39.3 Å². The Morgan fingerprint density at radius 1 is 1.25 bits per heavy atom. The summed E-state index contributed by atoms with van der Waals surface area (Å²) in [6.45, 7) is 4.56. The molecule has 1 aromatic rings. The van der Waals surface area contributed by atoms with Gasteiger partial charge in [-0.2, -0.15) is 5.10 Å². The van der Waals surface area contributed by atoms with Gasteiger partial charge in [0.05, 0.1) is 19.4 Å². The molecule has 0 unspecified atom stereocenters. The number of hydrogen-bond acceptors (Lipinski definition) is 6. The third-order valence-electron chi connectivity index (χ3n) is 3.55. The van der Waals surface area contributed by atoms with Crippen LogP contribution in [-0.2, 0) is 14.3 Å². The highest BCUT2D eigenvalue weighted by atomic mass is 16.5. The molecular weight excluding hydrogens is 312 g/mol. The molecule has 1 saturated heterocycles. The number of nitrogens with one attached hydrogen (secondary N) is 2. The second kappa shape index (κ2) is 9.64. The summed E-state index contributed by atoms with van der Waals surface area (Å²) < 4.78 is 5.26. The average molecular weight is 334 g/mol. The van der Waals surface area contributed by atoms with Gasteiger partial charge in [0.1, 0.15) is 5.75 Å². The lowest BCUT2D eigenvalue weighted by atomic mass is 10.2. The first-order valence-electron chi connectivity index (χ1n) is 7.86. The normalized spacial score (nSPS) is 15.3. The van der Waals surface area contributed by atoms with E-state index in [2.05, 4.69) is 20.7 Å². The number of aromatic hydroxyl groups is 1. The fourth-order valence-corrected chi connectivity index (χ4v) is 2.22. The molecule has 2 rings (SSSR count). The summed E-state index contributed by atoms with van der Waals surface area (Å²) in [5.41, 5.74) is 2.58. The molecule has 1 aliphatic rings. The number of rotatable bonds is 6. The molecule has 0 aromatic heterocycles. The first kappa shape index (κ1) is 17.9. The zero-order valence-electron chi connectivity index (χ0n) is 13.4. The molecule has 0 bridgehead atoms. The van der Waals surface area contributed by atoms with Gasteiger partial charge >= 0.3 is 11.8 Å². The fourth-order valence-electron chi connectivity index (χ4n) is 2.22. The van der Waals surface area contributed by atoms with Crippen LogP contribution in [0.4, 0.5) is 0 Å². The van der Waals surface area contributed by atoms with Crippen molar-refractivity contribution in [2.24, 2.45) is 5.10 Å². The number of phenolic OH excluding ortho intramolecular Hbond substituents is 1. The predicted octanol–water partition coefficient (Wildman–Crippen LogP) is -0.319. The maximum absolute atomic E-state index is 11.6. The Kier molecular flexibility index (Phi) is 7.19. The molecule has 3 N–H and O–H groups in total. The number of phenols is 1. The van der Waals surface area contributed by atoms with E-state index in [9.17, 15) is 14.7 Å². The van der Waals surface area contributed by atoms with Gasteiger partial charge in [-0.3, -0.25) is 14.5 Å². The topological polar surface area (TPSA) is 103 Å². The first-order chi connectivity index (χ1) is 11.7. The van der Waals surface area contributed by atoms with Crippen molar-refractivity contribution >= 4 is 18.0 Å². The minimum atomic E-state index is -0.840. The number of hydrogen-bond donors (Lipinski definition) is 3. The number of morpholine rings is 1. The van der Waals surface area contributed by atoms with E-state index < -0.39 is 11.8 Å². The van der Waals surface area contributed by atoms with Crippen LogP contribution in [0.5, 0.6) is 5.75 Å². The number of amides is 2. The van der Waals surface area contributed by atoms with E-state index in [4.69, 9.17) is 4.74 Å². The molecule has 1 aliphatic heterocycles. The number of carbonyl (C=O) groups is 2. The van der Waals surface area contributed by atoms with Gasteiger partial charge < -0.3 is 15.2 Å². The summed E-state index contributed by atoms with van der Waals surface area (Å²) in [6.07, 6.45) is 2.04. The maximum atomic E-state index is 11.6. The molecule has 0 radical (unpaired) electrons. The van der Waals surface area contributed by atoms with Crippen LogP contribution in [0.2, 0.25) is 0 Å². The molecule has 2 amide bonds.